The number of imide groups is 1. The smallest absolute Gasteiger partial charge is 0.258 e. The van der Waals surface area contributed by atoms with Gasteiger partial charge in [0.25, 0.3) is 11.8 Å². The highest BCUT2D eigenvalue weighted by Gasteiger charge is 2.34. The Labute approximate surface area is 173 Å². The molecule has 1 aromatic carbocycles. The molecule has 9 nitrogen and oxygen atoms in total. The number of nitrogens with one attached hydrogen (secondary N) is 2. The van der Waals surface area contributed by atoms with Crippen molar-refractivity contribution in [2.75, 3.05) is 18.4 Å². The molecule has 1 aromatic heterocycles. The second kappa shape index (κ2) is 7.62. The van der Waals surface area contributed by atoms with Crippen LogP contribution in [0.5, 0.6) is 0 Å². The van der Waals surface area contributed by atoms with E-state index in [2.05, 4.69) is 15.6 Å². The summed E-state index contributed by atoms with van der Waals surface area (Å²) in [6, 6.07) is 7.50. The van der Waals surface area contributed by atoms with E-state index in [9.17, 15) is 22.8 Å². The van der Waals surface area contributed by atoms with E-state index in [-0.39, 0.29) is 40.9 Å². The van der Waals surface area contributed by atoms with Crippen LogP contribution in [-0.4, -0.2) is 48.5 Å². The Morgan fingerprint density at radius 2 is 1.80 bits per heavy atom. The van der Waals surface area contributed by atoms with Crippen molar-refractivity contribution in [1.29, 1.82) is 0 Å². The van der Waals surface area contributed by atoms with Crippen molar-refractivity contribution >= 4 is 33.6 Å². The number of pyridine rings is 1. The van der Waals surface area contributed by atoms with Gasteiger partial charge in [-0.1, -0.05) is 0 Å². The van der Waals surface area contributed by atoms with Crippen LogP contribution in [0.25, 0.3) is 0 Å². The van der Waals surface area contributed by atoms with Crippen LogP contribution in [0.3, 0.4) is 0 Å². The first-order valence-electron chi connectivity index (χ1n) is 9.49. The number of anilines is 1. The van der Waals surface area contributed by atoms with Crippen LogP contribution >= 0.6 is 0 Å². The first-order chi connectivity index (χ1) is 14.3. The van der Waals surface area contributed by atoms with Crippen molar-refractivity contribution in [2.24, 2.45) is 5.92 Å². The lowest BCUT2D eigenvalue weighted by Gasteiger charge is -2.30. The van der Waals surface area contributed by atoms with E-state index in [1.54, 1.807) is 12.3 Å². The molecule has 0 radical (unpaired) electrons. The van der Waals surface area contributed by atoms with Crippen LogP contribution in [0.1, 0.15) is 39.1 Å². The zero-order chi connectivity index (χ0) is 21.5. The summed E-state index contributed by atoms with van der Waals surface area (Å²) < 4.78 is 27.3. The van der Waals surface area contributed by atoms with E-state index in [1.807, 2.05) is 13.0 Å². The third-order valence-corrected chi connectivity index (χ3v) is 7.23. The largest absolute Gasteiger partial charge is 0.310 e. The fraction of sp³-hybridized carbons (Fsp3) is 0.300. The third-order valence-electron chi connectivity index (χ3n) is 5.34. The molecule has 3 amide bonds. The lowest BCUT2D eigenvalue weighted by Crippen LogP contribution is -2.41. The molecule has 2 N–H and O–H groups in total. The number of carbonyl (C=O) groups is 3. The topological polar surface area (TPSA) is 126 Å². The summed E-state index contributed by atoms with van der Waals surface area (Å²) in [6.45, 7) is 2.27. The van der Waals surface area contributed by atoms with Crippen LogP contribution in [0.15, 0.2) is 41.4 Å². The number of nitrogens with zero attached hydrogens (tertiary/aromatic N) is 2. The second-order valence-corrected chi connectivity index (χ2v) is 9.31. The number of piperidine rings is 1. The molecule has 30 heavy (non-hydrogen) atoms. The van der Waals surface area contributed by atoms with Crippen LogP contribution in [-0.2, 0) is 14.8 Å². The van der Waals surface area contributed by atoms with Crippen LogP contribution in [0.4, 0.5) is 5.82 Å². The summed E-state index contributed by atoms with van der Waals surface area (Å²) in [5.41, 5.74) is 1.20. The predicted molar refractivity (Wildman–Crippen MR) is 107 cm³/mol. The molecule has 0 saturated carbocycles. The molecule has 0 unspecified atom stereocenters. The van der Waals surface area contributed by atoms with Crippen molar-refractivity contribution in [3.8, 4) is 0 Å². The number of carbonyl (C=O) groups excluding carboxylic acids is 3. The van der Waals surface area contributed by atoms with E-state index in [0.717, 1.165) is 5.56 Å². The molecule has 2 aromatic rings. The minimum absolute atomic E-state index is 0.0436. The number of amides is 3. The summed E-state index contributed by atoms with van der Waals surface area (Å²) in [6.07, 6.45) is 2.37. The number of fused-ring (bicyclic) bond motifs is 1. The van der Waals surface area contributed by atoms with Crippen LogP contribution < -0.4 is 10.6 Å². The van der Waals surface area contributed by atoms with Gasteiger partial charge in [-0.2, -0.15) is 4.31 Å². The van der Waals surface area contributed by atoms with Gasteiger partial charge in [-0.05, 0) is 55.7 Å². The van der Waals surface area contributed by atoms with Gasteiger partial charge in [0.1, 0.15) is 5.82 Å². The van der Waals surface area contributed by atoms with Crippen molar-refractivity contribution in [3.05, 3.63) is 53.2 Å². The Bertz CT molecular complexity index is 1150. The standard InChI is InChI=1S/C20H20N4O5S/c1-12-4-7-21-17(10-12)22-18(25)13-5-8-24(9-6-13)30(28,29)14-2-3-15-16(11-14)20(27)23-19(15)26/h2-4,7,10-11,13H,5-6,8-9H2,1H3,(H,21,22,25)(H,23,26,27). The van der Waals surface area contributed by atoms with Gasteiger partial charge in [-0.25, -0.2) is 13.4 Å². The molecular formula is C20H20N4O5S. The molecule has 10 heteroatoms. The summed E-state index contributed by atoms with van der Waals surface area (Å²) in [5.74, 6) is -1.16. The number of rotatable bonds is 4. The average Bonchev–Trinajstić information content (AvgIpc) is 3.01. The third kappa shape index (κ3) is 3.71. The average molecular weight is 428 g/mol. The van der Waals surface area contributed by atoms with E-state index >= 15 is 0 Å². The van der Waals surface area contributed by atoms with Crippen LogP contribution in [0.2, 0.25) is 0 Å². The number of aryl methyl sites for hydroxylation is 1. The highest BCUT2D eigenvalue weighted by molar-refractivity contribution is 7.89. The molecule has 0 spiro atoms. The molecule has 0 aliphatic carbocycles. The van der Waals surface area contributed by atoms with E-state index in [1.165, 1.54) is 22.5 Å². The predicted octanol–water partition coefficient (Wildman–Crippen LogP) is 1.31. The molecule has 2 aliphatic rings. The number of hydrogen-bond donors (Lipinski definition) is 2. The lowest BCUT2D eigenvalue weighted by molar-refractivity contribution is -0.120. The van der Waals surface area contributed by atoms with Gasteiger partial charge in [-0.3, -0.25) is 19.7 Å². The van der Waals surface area contributed by atoms with E-state index < -0.39 is 21.8 Å². The summed E-state index contributed by atoms with van der Waals surface area (Å²) in [4.78, 5) is 40.1. The van der Waals surface area contributed by atoms with Gasteiger partial charge in [0.15, 0.2) is 0 Å². The Morgan fingerprint density at radius 1 is 1.10 bits per heavy atom. The van der Waals surface area contributed by atoms with Crippen molar-refractivity contribution in [1.82, 2.24) is 14.6 Å². The Balaban J connectivity index is 1.43. The Morgan fingerprint density at radius 3 is 2.50 bits per heavy atom. The molecule has 1 fully saturated rings. The number of hydrogen-bond acceptors (Lipinski definition) is 6. The maximum atomic E-state index is 13.0. The quantitative estimate of drug-likeness (QED) is 0.708. The maximum Gasteiger partial charge on any atom is 0.258 e. The van der Waals surface area contributed by atoms with Gasteiger partial charge in [-0.15, -0.1) is 0 Å². The highest BCUT2D eigenvalue weighted by atomic mass is 32.2. The minimum atomic E-state index is -3.84. The number of benzene rings is 1. The number of aromatic nitrogens is 1. The summed E-state index contributed by atoms with van der Waals surface area (Å²) in [7, 11) is -3.84. The van der Waals surface area contributed by atoms with Gasteiger partial charge in [0.05, 0.1) is 16.0 Å². The van der Waals surface area contributed by atoms with Gasteiger partial charge in [0, 0.05) is 25.2 Å². The zero-order valence-corrected chi connectivity index (χ0v) is 17.0. The zero-order valence-electron chi connectivity index (χ0n) is 16.2. The molecule has 4 rings (SSSR count). The molecule has 0 bridgehead atoms. The fourth-order valence-corrected chi connectivity index (χ4v) is 5.14. The van der Waals surface area contributed by atoms with Crippen molar-refractivity contribution in [3.63, 3.8) is 0 Å². The first-order valence-corrected chi connectivity index (χ1v) is 10.9. The van der Waals surface area contributed by atoms with Crippen molar-refractivity contribution < 1.29 is 22.8 Å². The normalized spacial score (nSPS) is 17.5. The molecule has 156 valence electrons. The van der Waals surface area contributed by atoms with Gasteiger partial charge < -0.3 is 5.32 Å². The summed E-state index contributed by atoms with van der Waals surface area (Å²) in [5, 5.41) is 4.93. The SMILES string of the molecule is Cc1ccnc(NC(=O)C2CCN(S(=O)(=O)c3ccc4c(c3)C(=O)NC4=O)CC2)c1. The van der Waals surface area contributed by atoms with Crippen LogP contribution in [0, 0.1) is 12.8 Å². The maximum absolute atomic E-state index is 13.0. The molecule has 1 saturated heterocycles. The Hall–Kier alpha value is -3.11. The van der Waals surface area contributed by atoms with Gasteiger partial charge in [0.2, 0.25) is 15.9 Å². The first kappa shape index (κ1) is 20.2. The minimum Gasteiger partial charge on any atom is -0.310 e. The molecule has 3 heterocycles. The lowest BCUT2D eigenvalue weighted by atomic mass is 9.97. The highest BCUT2D eigenvalue weighted by Crippen LogP contribution is 2.27. The molecular weight excluding hydrogens is 408 g/mol. The van der Waals surface area contributed by atoms with E-state index in [4.69, 9.17) is 0 Å². The summed E-state index contributed by atoms with van der Waals surface area (Å²) >= 11 is 0. The number of sulfonamides is 1. The fourth-order valence-electron chi connectivity index (χ4n) is 3.65. The molecule has 0 atom stereocenters. The molecule has 2 aliphatic heterocycles. The van der Waals surface area contributed by atoms with Gasteiger partial charge >= 0.3 is 0 Å². The van der Waals surface area contributed by atoms with E-state index in [0.29, 0.717) is 18.7 Å². The Kier molecular flexibility index (Phi) is 5.12. The van der Waals surface area contributed by atoms with Crippen molar-refractivity contribution in [2.45, 2.75) is 24.7 Å². The second-order valence-electron chi connectivity index (χ2n) is 7.38. The monoisotopic (exact) mass is 428 g/mol.